The summed E-state index contributed by atoms with van der Waals surface area (Å²) in [5.41, 5.74) is 0.566. The Hall–Kier alpha value is -1.51. The monoisotopic (exact) mass is 373 g/mol. The molecular formula is C13H12BrNO5S. The first kappa shape index (κ1) is 15.9. The topological polar surface area (TPSA) is 76.1 Å². The van der Waals surface area contributed by atoms with Crippen LogP contribution in [0.15, 0.2) is 21.5 Å². The molecule has 112 valence electrons. The lowest BCUT2D eigenvalue weighted by molar-refractivity contribution is -0.121. The predicted molar refractivity (Wildman–Crippen MR) is 82.0 cm³/mol. The number of imide groups is 1. The number of likely N-dealkylation sites (N-methyl/N-ethyl adjacent to an activating group) is 1. The Labute approximate surface area is 133 Å². The number of phenolic OH excluding ortho intramolecular Hbond substituents is 1. The van der Waals surface area contributed by atoms with Crippen molar-refractivity contribution in [3.63, 3.8) is 0 Å². The van der Waals surface area contributed by atoms with Gasteiger partial charge in [-0.3, -0.25) is 14.5 Å². The molecule has 2 rings (SSSR count). The van der Waals surface area contributed by atoms with Crippen LogP contribution in [0.2, 0.25) is 0 Å². The number of halogens is 1. The number of amides is 2. The summed E-state index contributed by atoms with van der Waals surface area (Å²) in [7, 11) is 2.90. The van der Waals surface area contributed by atoms with Crippen LogP contribution in [-0.2, 0) is 9.53 Å². The maximum atomic E-state index is 11.8. The van der Waals surface area contributed by atoms with Crippen LogP contribution in [0.4, 0.5) is 4.79 Å². The first-order chi connectivity index (χ1) is 9.93. The van der Waals surface area contributed by atoms with Crippen molar-refractivity contribution in [3.8, 4) is 11.5 Å². The second kappa shape index (κ2) is 6.50. The highest BCUT2D eigenvalue weighted by molar-refractivity contribution is 9.10. The van der Waals surface area contributed by atoms with E-state index < -0.39 is 0 Å². The molecule has 0 unspecified atom stereocenters. The Morgan fingerprint density at radius 1 is 1.43 bits per heavy atom. The van der Waals surface area contributed by atoms with Crippen LogP contribution >= 0.6 is 27.7 Å². The molecule has 0 atom stereocenters. The summed E-state index contributed by atoms with van der Waals surface area (Å²) in [6.07, 6.45) is 1.54. The zero-order valence-electron chi connectivity index (χ0n) is 11.3. The zero-order chi connectivity index (χ0) is 15.6. The molecule has 0 spiro atoms. The van der Waals surface area contributed by atoms with Gasteiger partial charge in [0.15, 0.2) is 18.3 Å². The molecule has 21 heavy (non-hydrogen) atoms. The maximum Gasteiger partial charge on any atom is 0.293 e. The smallest absolute Gasteiger partial charge is 0.293 e. The van der Waals surface area contributed by atoms with Crippen molar-refractivity contribution in [2.75, 3.05) is 21.0 Å². The number of rotatable bonds is 4. The van der Waals surface area contributed by atoms with Gasteiger partial charge in [-0.1, -0.05) is 15.9 Å². The summed E-state index contributed by atoms with van der Waals surface area (Å²) in [5, 5.41) is 9.56. The Morgan fingerprint density at radius 3 is 2.71 bits per heavy atom. The molecular weight excluding hydrogens is 362 g/mol. The fourth-order valence-electron chi connectivity index (χ4n) is 1.60. The Bertz CT molecular complexity index is 631. The van der Waals surface area contributed by atoms with Crippen LogP contribution in [0.1, 0.15) is 5.56 Å². The average molecular weight is 374 g/mol. The van der Waals surface area contributed by atoms with Gasteiger partial charge in [-0.25, -0.2) is 0 Å². The van der Waals surface area contributed by atoms with E-state index in [1.807, 2.05) is 0 Å². The number of ether oxygens (including phenoxy) is 2. The maximum absolute atomic E-state index is 11.8. The van der Waals surface area contributed by atoms with Gasteiger partial charge in [0.25, 0.3) is 11.1 Å². The molecule has 0 saturated carbocycles. The third-order valence-corrected chi connectivity index (χ3v) is 4.33. The first-order valence-corrected chi connectivity index (χ1v) is 7.40. The van der Waals surface area contributed by atoms with Crippen molar-refractivity contribution >= 4 is 44.9 Å². The molecule has 0 aliphatic carbocycles. The fraction of sp³-hybridized carbons (Fsp3) is 0.231. The number of benzene rings is 1. The normalized spacial score (nSPS) is 16.9. The highest BCUT2D eigenvalue weighted by atomic mass is 79.9. The van der Waals surface area contributed by atoms with Crippen LogP contribution in [0.25, 0.3) is 6.08 Å². The number of hydrogen-bond acceptors (Lipinski definition) is 6. The highest BCUT2D eigenvalue weighted by Crippen LogP contribution is 2.37. The lowest BCUT2D eigenvalue weighted by Crippen LogP contribution is -2.22. The van der Waals surface area contributed by atoms with Gasteiger partial charge in [0.1, 0.15) is 0 Å². The van der Waals surface area contributed by atoms with E-state index in [9.17, 15) is 14.7 Å². The molecule has 6 nitrogen and oxygen atoms in total. The number of aromatic hydroxyl groups is 1. The van der Waals surface area contributed by atoms with Crippen LogP contribution in [0, 0.1) is 0 Å². The van der Waals surface area contributed by atoms with E-state index in [0.717, 1.165) is 16.7 Å². The second-order valence-electron chi connectivity index (χ2n) is 4.13. The van der Waals surface area contributed by atoms with E-state index in [1.54, 1.807) is 6.07 Å². The molecule has 1 fully saturated rings. The number of carbonyl (C=O) groups excluding carboxylic acids is 2. The average Bonchev–Trinajstić information content (AvgIpc) is 2.68. The van der Waals surface area contributed by atoms with Gasteiger partial charge in [0.05, 0.1) is 4.91 Å². The Balaban J connectivity index is 2.31. The minimum absolute atomic E-state index is 0.00801. The van der Waals surface area contributed by atoms with Gasteiger partial charge in [0, 0.05) is 18.6 Å². The summed E-state index contributed by atoms with van der Waals surface area (Å²) in [5.74, 6) is -0.196. The molecule has 1 N–H and O–H groups in total. The van der Waals surface area contributed by atoms with Crippen molar-refractivity contribution < 1.29 is 24.2 Å². The number of nitrogens with zero attached hydrogens (tertiary/aromatic N) is 1. The highest BCUT2D eigenvalue weighted by Gasteiger charge is 2.32. The molecule has 2 amide bonds. The van der Waals surface area contributed by atoms with Gasteiger partial charge < -0.3 is 14.6 Å². The number of carbonyl (C=O) groups is 2. The predicted octanol–water partition coefficient (Wildman–Crippen LogP) is 2.80. The van der Waals surface area contributed by atoms with Gasteiger partial charge in [0.2, 0.25) is 0 Å². The summed E-state index contributed by atoms with van der Waals surface area (Å²) in [4.78, 5) is 24.6. The largest absolute Gasteiger partial charge is 0.504 e. The fourth-order valence-corrected chi connectivity index (χ4v) is 2.85. The van der Waals surface area contributed by atoms with Crippen molar-refractivity contribution in [2.24, 2.45) is 0 Å². The number of phenols is 1. The lowest BCUT2D eigenvalue weighted by atomic mass is 10.2. The summed E-state index contributed by atoms with van der Waals surface area (Å²) < 4.78 is 10.6. The van der Waals surface area contributed by atoms with E-state index in [4.69, 9.17) is 9.47 Å². The zero-order valence-corrected chi connectivity index (χ0v) is 13.7. The molecule has 1 aliphatic rings. The molecule has 8 heteroatoms. The molecule has 1 aliphatic heterocycles. The minimum atomic E-state index is -0.365. The van der Waals surface area contributed by atoms with Gasteiger partial charge >= 0.3 is 0 Å². The summed E-state index contributed by atoms with van der Waals surface area (Å²) >= 11 is 4.19. The quantitative estimate of drug-likeness (QED) is 0.645. The Kier molecular flexibility index (Phi) is 4.92. The van der Waals surface area contributed by atoms with E-state index in [2.05, 4.69) is 15.9 Å². The van der Waals surface area contributed by atoms with Crippen molar-refractivity contribution in [3.05, 3.63) is 27.1 Å². The van der Waals surface area contributed by atoms with E-state index in [1.165, 1.54) is 26.3 Å². The standard InChI is InChI=1S/C13H12BrNO5S/c1-15-12(17)11(21-13(15)18)4-7-3-9(16)10(5-8(7)14)20-6-19-2/h3-5,16H,6H2,1-2H3/b11-4-. The van der Waals surface area contributed by atoms with E-state index >= 15 is 0 Å². The van der Waals surface area contributed by atoms with E-state index in [0.29, 0.717) is 14.9 Å². The molecule has 0 radical (unpaired) electrons. The molecule has 1 aromatic carbocycles. The van der Waals surface area contributed by atoms with Gasteiger partial charge in [-0.15, -0.1) is 0 Å². The summed E-state index contributed by atoms with van der Waals surface area (Å²) in [6.45, 7) is 0.00801. The number of hydrogen-bond donors (Lipinski definition) is 1. The van der Waals surface area contributed by atoms with Gasteiger partial charge in [-0.2, -0.15) is 0 Å². The molecule has 0 aromatic heterocycles. The molecule has 0 bridgehead atoms. The number of methoxy groups -OCH3 is 1. The molecule has 1 aromatic rings. The second-order valence-corrected chi connectivity index (χ2v) is 5.98. The summed E-state index contributed by atoms with van der Waals surface area (Å²) in [6, 6.07) is 3.01. The van der Waals surface area contributed by atoms with Crippen molar-refractivity contribution in [1.82, 2.24) is 4.90 Å². The van der Waals surface area contributed by atoms with Crippen LogP contribution in [0.5, 0.6) is 11.5 Å². The Morgan fingerprint density at radius 2 is 2.14 bits per heavy atom. The van der Waals surface area contributed by atoms with E-state index in [-0.39, 0.29) is 29.4 Å². The number of thioether (sulfide) groups is 1. The molecule has 1 heterocycles. The lowest BCUT2D eigenvalue weighted by Gasteiger charge is -2.09. The minimum Gasteiger partial charge on any atom is -0.504 e. The molecule has 1 saturated heterocycles. The SMILES string of the molecule is COCOc1cc(Br)c(/C=C2\SC(=O)N(C)C2=O)cc1O. The third kappa shape index (κ3) is 3.39. The van der Waals surface area contributed by atoms with Crippen LogP contribution < -0.4 is 4.74 Å². The van der Waals surface area contributed by atoms with Crippen molar-refractivity contribution in [2.45, 2.75) is 0 Å². The van der Waals surface area contributed by atoms with Crippen molar-refractivity contribution in [1.29, 1.82) is 0 Å². The first-order valence-electron chi connectivity index (χ1n) is 5.80. The third-order valence-electron chi connectivity index (χ3n) is 2.68. The van der Waals surface area contributed by atoms with Crippen LogP contribution in [-0.4, -0.2) is 42.1 Å². The van der Waals surface area contributed by atoms with Crippen LogP contribution in [0.3, 0.4) is 0 Å². The van der Waals surface area contributed by atoms with Gasteiger partial charge in [-0.05, 0) is 35.5 Å².